The first-order valence-corrected chi connectivity index (χ1v) is 12.3. The van der Waals surface area contributed by atoms with Crippen LogP contribution in [0.3, 0.4) is 0 Å². The molecule has 1 unspecified atom stereocenters. The summed E-state index contributed by atoms with van der Waals surface area (Å²) in [5.74, 6) is -1.00. The number of para-hydroxylation sites is 1. The highest BCUT2D eigenvalue weighted by molar-refractivity contribution is 6.52. The Bertz CT molecular complexity index is 1620. The fraction of sp³-hybridized carbons (Fsp3) is 0.172. The minimum Gasteiger partial charge on any atom is -0.507 e. The van der Waals surface area contributed by atoms with Crippen molar-refractivity contribution >= 4 is 51.3 Å². The highest BCUT2D eigenvalue weighted by Gasteiger charge is 2.48. The van der Waals surface area contributed by atoms with E-state index >= 15 is 0 Å². The summed E-state index contributed by atoms with van der Waals surface area (Å²) >= 11 is 6.27. The average Bonchev–Trinajstić information content (AvgIpc) is 3.37. The summed E-state index contributed by atoms with van der Waals surface area (Å²) in [5, 5.41) is 12.9. The van der Waals surface area contributed by atoms with Crippen LogP contribution in [-0.2, 0) is 16.6 Å². The van der Waals surface area contributed by atoms with Gasteiger partial charge in [-0.05, 0) is 42.5 Å². The lowest BCUT2D eigenvalue weighted by Gasteiger charge is -2.28. The standard InChI is InChI=1S/C29H24ClN3O4/c1-31-12-13-37-24-11-10-17(14-23(24)31)27(34)25-26(21-16-32(2)22-9-4-3-8-20(21)22)33(29(36)28(25)35)19-7-5-6-18(30)15-19/h3-11,14-16,26,34H,12-13H2,1-2H3/b27-25+. The van der Waals surface area contributed by atoms with E-state index in [2.05, 4.69) is 0 Å². The zero-order chi connectivity index (χ0) is 25.8. The molecule has 3 aromatic carbocycles. The van der Waals surface area contributed by atoms with Crippen molar-refractivity contribution in [2.24, 2.45) is 7.05 Å². The summed E-state index contributed by atoms with van der Waals surface area (Å²) < 4.78 is 7.69. The van der Waals surface area contributed by atoms with Crippen molar-refractivity contribution in [1.82, 2.24) is 4.57 Å². The molecule has 0 saturated carbocycles. The van der Waals surface area contributed by atoms with Gasteiger partial charge in [0.25, 0.3) is 11.7 Å². The molecule has 3 heterocycles. The Morgan fingerprint density at radius 3 is 2.65 bits per heavy atom. The summed E-state index contributed by atoms with van der Waals surface area (Å²) in [4.78, 5) is 30.6. The van der Waals surface area contributed by atoms with Gasteiger partial charge < -0.3 is 19.3 Å². The summed E-state index contributed by atoms with van der Waals surface area (Å²) in [6.45, 7) is 1.27. The largest absolute Gasteiger partial charge is 0.507 e. The Labute approximate surface area is 218 Å². The predicted molar refractivity (Wildman–Crippen MR) is 144 cm³/mol. The van der Waals surface area contributed by atoms with Crippen molar-refractivity contribution in [2.45, 2.75) is 6.04 Å². The molecule has 37 heavy (non-hydrogen) atoms. The van der Waals surface area contributed by atoms with Crippen molar-refractivity contribution in [3.05, 3.63) is 94.6 Å². The van der Waals surface area contributed by atoms with E-state index in [1.165, 1.54) is 4.90 Å². The van der Waals surface area contributed by atoms with Gasteiger partial charge in [0.1, 0.15) is 18.1 Å². The molecule has 1 atom stereocenters. The number of hydrogen-bond donors (Lipinski definition) is 1. The number of aliphatic hydroxyl groups excluding tert-OH is 1. The van der Waals surface area contributed by atoms with Crippen LogP contribution in [0.5, 0.6) is 5.75 Å². The minimum absolute atomic E-state index is 0.0284. The van der Waals surface area contributed by atoms with Gasteiger partial charge >= 0.3 is 0 Å². The Morgan fingerprint density at radius 1 is 1.03 bits per heavy atom. The van der Waals surface area contributed by atoms with Gasteiger partial charge in [-0.3, -0.25) is 14.5 Å². The molecule has 0 bridgehead atoms. The number of fused-ring (bicyclic) bond motifs is 2. The lowest BCUT2D eigenvalue weighted by Crippen LogP contribution is -2.29. The Kier molecular flexibility index (Phi) is 5.46. The first kappa shape index (κ1) is 23.2. The Balaban J connectivity index is 1.60. The molecule has 4 aromatic rings. The zero-order valence-corrected chi connectivity index (χ0v) is 21.1. The third kappa shape index (κ3) is 3.65. The fourth-order valence-electron chi connectivity index (χ4n) is 5.26. The van der Waals surface area contributed by atoms with Crippen molar-refractivity contribution in [1.29, 1.82) is 0 Å². The van der Waals surface area contributed by atoms with Gasteiger partial charge in [0.05, 0.1) is 23.8 Å². The van der Waals surface area contributed by atoms with Crippen LogP contribution < -0.4 is 14.5 Å². The number of Topliss-reactive ketones (excluding diaryl/α,β-unsaturated/α-hetero) is 1. The molecule has 0 aliphatic carbocycles. The Morgan fingerprint density at radius 2 is 1.84 bits per heavy atom. The maximum Gasteiger partial charge on any atom is 0.300 e. The predicted octanol–water partition coefficient (Wildman–Crippen LogP) is 5.29. The van der Waals surface area contributed by atoms with Gasteiger partial charge in [0.15, 0.2) is 0 Å². The number of aromatic nitrogens is 1. The molecular weight excluding hydrogens is 490 g/mol. The van der Waals surface area contributed by atoms with Crippen molar-refractivity contribution < 1.29 is 19.4 Å². The first-order chi connectivity index (χ1) is 17.8. The van der Waals surface area contributed by atoms with Crippen LogP contribution in [0.4, 0.5) is 11.4 Å². The molecule has 1 saturated heterocycles. The van der Waals surface area contributed by atoms with Crippen LogP contribution in [0.15, 0.2) is 78.5 Å². The van der Waals surface area contributed by atoms with Gasteiger partial charge in [-0.1, -0.05) is 35.9 Å². The number of hydrogen-bond acceptors (Lipinski definition) is 5. The van der Waals surface area contributed by atoms with E-state index in [0.717, 1.165) is 22.2 Å². The van der Waals surface area contributed by atoms with Crippen LogP contribution >= 0.6 is 11.6 Å². The summed E-state index contributed by atoms with van der Waals surface area (Å²) in [6, 6.07) is 19.0. The maximum atomic E-state index is 13.6. The monoisotopic (exact) mass is 513 g/mol. The molecule has 1 fully saturated rings. The zero-order valence-electron chi connectivity index (χ0n) is 20.3. The van der Waals surface area contributed by atoms with Gasteiger partial charge in [-0.2, -0.15) is 0 Å². The third-order valence-electron chi connectivity index (χ3n) is 7.08. The fourth-order valence-corrected chi connectivity index (χ4v) is 5.45. The molecule has 8 heteroatoms. The summed E-state index contributed by atoms with van der Waals surface area (Å²) in [7, 11) is 3.86. The number of likely N-dealkylation sites (N-methyl/N-ethyl adjacent to an activating group) is 1. The van der Waals surface area contributed by atoms with E-state index in [0.29, 0.717) is 35.2 Å². The summed E-state index contributed by atoms with van der Waals surface area (Å²) in [5.41, 5.74) is 3.43. The quantitative estimate of drug-likeness (QED) is 0.229. The van der Waals surface area contributed by atoms with Crippen molar-refractivity contribution in [3.8, 4) is 5.75 Å². The number of ketones is 1. The minimum atomic E-state index is -0.852. The van der Waals surface area contributed by atoms with Crippen LogP contribution in [0.2, 0.25) is 5.02 Å². The lowest BCUT2D eigenvalue weighted by molar-refractivity contribution is -0.132. The van der Waals surface area contributed by atoms with Crippen LogP contribution in [-0.4, -0.2) is 41.6 Å². The van der Waals surface area contributed by atoms with Crippen LogP contribution in [0.25, 0.3) is 16.7 Å². The Hall–Kier alpha value is -4.23. The van der Waals surface area contributed by atoms with E-state index in [4.69, 9.17) is 16.3 Å². The molecule has 1 N–H and O–H groups in total. The number of amides is 1. The molecular formula is C29H24ClN3O4. The first-order valence-electron chi connectivity index (χ1n) is 11.9. The average molecular weight is 514 g/mol. The van der Waals surface area contributed by atoms with E-state index in [-0.39, 0.29) is 11.3 Å². The highest BCUT2D eigenvalue weighted by Crippen LogP contribution is 2.45. The third-order valence-corrected chi connectivity index (χ3v) is 7.32. The maximum absolute atomic E-state index is 13.6. The van der Waals surface area contributed by atoms with Crippen molar-refractivity contribution in [2.75, 3.05) is 30.0 Å². The van der Waals surface area contributed by atoms with Gasteiger partial charge in [-0.25, -0.2) is 0 Å². The molecule has 1 amide bonds. The lowest BCUT2D eigenvalue weighted by atomic mass is 9.94. The second-order valence-corrected chi connectivity index (χ2v) is 9.75. The molecule has 1 aromatic heterocycles. The number of anilines is 2. The van der Waals surface area contributed by atoms with Crippen LogP contribution in [0, 0.1) is 0 Å². The van der Waals surface area contributed by atoms with E-state index < -0.39 is 17.7 Å². The smallest absolute Gasteiger partial charge is 0.300 e. The number of nitrogens with zero attached hydrogens (tertiary/aromatic N) is 3. The molecule has 0 spiro atoms. The molecule has 2 aliphatic heterocycles. The summed E-state index contributed by atoms with van der Waals surface area (Å²) in [6.07, 6.45) is 1.90. The number of ether oxygens (including phenoxy) is 1. The molecule has 186 valence electrons. The van der Waals surface area contributed by atoms with Crippen molar-refractivity contribution in [3.63, 3.8) is 0 Å². The van der Waals surface area contributed by atoms with Gasteiger partial charge in [0, 0.05) is 53.0 Å². The number of aryl methyl sites for hydroxylation is 1. The number of aliphatic hydroxyl groups is 1. The highest BCUT2D eigenvalue weighted by atomic mass is 35.5. The molecule has 7 nitrogen and oxygen atoms in total. The topological polar surface area (TPSA) is 75.0 Å². The van der Waals surface area contributed by atoms with Gasteiger partial charge in [0.2, 0.25) is 0 Å². The van der Waals surface area contributed by atoms with E-state index in [9.17, 15) is 14.7 Å². The molecule has 2 aliphatic rings. The second kappa shape index (κ2) is 8.71. The van der Waals surface area contributed by atoms with Gasteiger partial charge in [-0.15, -0.1) is 0 Å². The molecule has 0 radical (unpaired) electrons. The second-order valence-electron chi connectivity index (χ2n) is 9.31. The number of rotatable bonds is 3. The van der Waals surface area contributed by atoms with E-state index in [1.54, 1.807) is 42.5 Å². The SMILES string of the molecule is CN1CCOc2ccc(/C(O)=C3\C(=O)C(=O)N(c4cccc(Cl)c4)C3c3cn(C)c4ccccc34)cc21. The van der Waals surface area contributed by atoms with Crippen LogP contribution in [0.1, 0.15) is 17.2 Å². The number of benzene rings is 3. The number of carbonyl (C=O) groups excluding carboxylic acids is 2. The number of carbonyl (C=O) groups is 2. The number of halogens is 1. The van der Waals surface area contributed by atoms with E-state index in [1.807, 2.05) is 54.0 Å². The molecule has 6 rings (SSSR count). The normalized spacial score (nSPS) is 18.8.